The van der Waals surface area contributed by atoms with Crippen LogP contribution in [0.25, 0.3) is 11.4 Å². The van der Waals surface area contributed by atoms with Crippen molar-refractivity contribution in [1.82, 2.24) is 20.2 Å². The molecular formula is C19H17ClFN5O. The molecule has 0 bridgehead atoms. The van der Waals surface area contributed by atoms with Gasteiger partial charge < -0.3 is 4.98 Å². The maximum Gasteiger partial charge on any atom is 0.232 e. The van der Waals surface area contributed by atoms with E-state index >= 15 is 0 Å². The number of carbonyl (C=O) groups is 1. The molecular weight excluding hydrogens is 369 g/mol. The molecule has 138 valence electrons. The maximum atomic E-state index is 13.7. The Morgan fingerprint density at radius 3 is 2.81 bits per heavy atom. The van der Waals surface area contributed by atoms with Crippen molar-refractivity contribution in [3.8, 4) is 11.4 Å². The van der Waals surface area contributed by atoms with Gasteiger partial charge >= 0.3 is 0 Å². The molecule has 1 amide bonds. The second kappa shape index (κ2) is 7.44. The molecule has 27 heavy (non-hydrogen) atoms. The minimum Gasteiger partial charge on any atom is -0.307 e. The number of halogens is 2. The zero-order valence-corrected chi connectivity index (χ0v) is 15.2. The van der Waals surface area contributed by atoms with E-state index in [0.29, 0.717) is 24.7 Å². The number of aromatic nitrogens is 4. The fourth-order valence-electron chi connectivity index (χ4n) is 3.32. The summed E-state index contributed by atoms with van der Waals surface area (Å²) in [6, 6.07) is 8.31. The zero-order chi connectivity index (χ0) is 18.8. The molecule has 1 fully saturated rings. The van der Waals surface area contributed by atoms with Crippen molar-refractivity contribution in [3.63, 3.8) is 0 Å². The van der Waals surface area contributed by atoms with Gasteiger partial charge in [-0.15, -0.1) is 10.2 Å². The zero-order valence-electron chi connectivity index (χ0n) is 14.4. The molecule has 3 aromatic rings. The van der Waals surface area contributed by atoms with Crippen molar-refractivity contribution in [2.75, 3.05) is 11.4 Å². The van der Waals surface area contributed by atoms with Crippen molar-refractivity contribution in [3.05, 3.63) is 59.1 Å². The van der Waals surface area contributed by atoms with E-state index in [0.717, 1.165) is 24.0 Å². The fraction of sp³-hybridized carbons (Fsp3) is 0.263. The second-order valence-electron chi connectivity index (χ2n) is 6.51. The Morgan fingerprint density at radius 2 is 2.04 bits per heavy atom. The normalized spacial score (nSPS) is 17.3. The van der Waals surface area contributed by atoms with E-state index in [9.17, 15) is 9.18 Å². The summed E-state index contributed by atoms with van der Waals surface area (Å²) < 4.78 is 13.7. The highest BCUT2D eigenvalue weighted by Gasteiger charge is 2.31. The molecule has 0 saturated carbocycles. The molecule has 8 heteroatoms. The van der Waals surface area contributed by atoms with Crippen LogP contribution < -0.4 is 4.90 Å². The van der Waals surface area contributed by atoms with Gasteiger partial charge in [-0.3, -0.25) is 14.7 Å². The van der Waals surface area contributed by atoms with Crippen LogP contribution in [0, 0.1) is 11.7 Å². The summed E-state index contributed by atoms with van der Waals surface area (Å²) in [5.41, 5.74) is 1.61. The molecule has 1 unspecified atom stereocenters. The molecule has 0 radical (unpaired) electrons. The number of H-pyrrole nitrogens is 1. The number of hydrogen-bond acceptors (Lipinski definition) is 4. The van der Waals surface area contributed by atoms with Crippen molar-refractivity contribution in [2.24, 2.45) is 5.92 Å². The predicted octanol–water partition coefficient (Wildman–Crippen LogP) is 3.64. The summed E-state index contributed by atoms with van der Waals surface area (Å²) in [5.74, 6) is 0.287. The number of amides is 1. The summed E-state index contributed by atoms with van der Waals surface area (Å²) in [7, 11) is 0. The van der Waals surface area contributed by atoms with Gasteiger partial charge in [0.25, 0.3) is 0 Å². The predicted molar refractivity (Wildman–Crippen MR) is 99.8 cm³/mol. The lowest BCUT2D eigenvalue weighted by molar-refractivity contribution is -0.123. The third kappa shape index (κ3) is 3.68. The Hall–Kier alpha value is -2.80. The van der Waals surface area contributed by atoms with Crippen LogP contribution >= 0.6 is 11.6 Å². The highest BCUT2D eigenvalue weighted by molar-refractivity contribution is 6.30. The lowest BCUT2D eigenvalue weighted by Crippen LogP contribution is -2.42. The van der Waals surface area contributed by atoms with Crippen LogP contribution in [0.1, 0.15) is 18.4 Å². The Balaban J connectivity index is 1.52. The minimum atomic E-state index is -0.466. The topological polar surface area (TPSA) is 74.8 Å². The van der Waals surface area contributed by atoms with Gasteiger partial charge in [-0.2, -0.15) is 0 Å². The number of hydrogen-bond donors (Lipinski definition) is 1. The van der Waals surface area contributed by atoms with Crippen LogP contribution in [0.3, 0.4) is 0 Å². The van der Waals surface area contributed by atoms with E-state index in [-0.39, 0.29) is 16.8 Å². The van der Waals surface area contributed by atoms with Gasteiger partial charge in [-0.25, -0.2) is 4.39 Å². The first-order valence-electron chi connectivity index (χ1n) is 8.70. The second-order valence-corrected chi connectivity index (χ2v) is 6.92. The number of benzene rings is 1. The number of pyridine rings is 1. The van der Waals surface area contributed by atoms with E-state index < -0.39 is 5.82 Å². The van der Waals surface area contributed by atoms with Crippen LogP contribution in [-0.2, 0) is 11.2 Å². The van der Waals surface area contributed by atoms with E-state index in [1.54, 1.807) is 23.4 Å². The highest BCUT2D eigenvalue weighted by Crippen LogP contribution is 2.27. The number of nitrogens with zero attached hydrogens (tertiary/aromatic N) is 4. The first-order chi connectivity index (χ1) is 13.1. The Bertz CT molecular complexity index is 962. The summed E-state index contributed by atoms with van der Waals surface area (Å²) in [4.78, 5) is 21.6. The van der Waals surface area contributed by atoms with Gasteiger partial charge in [-0.05, 0) is 49.1 Å². The molecule has 6 nitrogen and oxygen atoms in total. The molecule has 1 aliphatic rings. The van der Waals surface area contributed by atoms with Crippen LogP contribution in [0.5, 0.6) is 0 Å². The summed E-state index contributed by atoms with van der Waals surface area (Å²) in [6.07, 6.45) is 5.41. The smallest absolute Gasteiger partial charge is 0.232 e. The third-order valence-corrected chi connectivity index (χ3v) is 5.01. The maximum absolute atomic E-state index is 13.7. The number of carbonyl (C=O) groups excluding carboxylic acids is 1. The average molecular weight is 386 g/mol. The molecule has 1 atom stereocenters. The number of aromatic amines is 1. The molecule has 1 aromatic carbocycles. The van der Waals surface area contributed by atoms with Crippen molar-refractivity contribution in [1.29, 1.82) is 0 Å². The third-order valence-electron chi connectivity index (χ3n) is 4.70. The van der Waals surface area contributed by atoms with E-state index in [1.807, 2.05) is 12.1 Å². The monoisotopic (exact) mass is 385 g/mol. The molecule has 3 heterocycles. The van der Waals surface area contributed by atoms with Crippen molar-refractivity contribution in [2.45, 2.75) is 19.3 Å². The molecule has 2 aromatic heterocycles. The van der Waals surface area contributed by atoms with E-state index in [1.165, 1.54) is 12.1 Å². The average Bonchev–Trinajstić information content (AvgIpc) is 3.17. The largest absolute Gasteiger partial charge is 0.307 e. The first kappa shape index (κ1) is 17.6. The Kier molecular flexibility index (Phi) is 4.85. The number of piperidine rings is 1. The molecule has 1 saturated heterocycles. The van der Waals surface area contributed by atoms with Crippen molar-refractivity contribution >= 4 is 23.5 Å². The van der Waals surface area contributed by atoms with Gasteiger partial charge in [-0.1, -0.05) is 17.7 Å². The number of anilines is 1. The lowest BCUT2D eigenvalue weighted by atomic mass is 9.90. The standard InChI is InChI=1S/C19H17ClFN5O/c20-15-4-3-12(11-16(15)21)10-14-2-1-9-26(18(14)27)19-23-17(24-25-19)13-5-7-22-8-6-13/h3-8,11,14H,1-2,9-10H2,(H,23,24,25). The van der Waals surface area contributed by atoms with Crippen molar-refractivity contribution < 1.29 is 9.18 Å². The molecule has 0 aliphatic carbocycles. The quantitative estimate of drug-likeness (QED) is 0.744. The molecule has 1 aliphatic heterocycles. The molecule has 4 rings (SSSR count). The Morgan fingerprint density at radius 1 is 1.22 bits per heavy atom. The van der Waals surface area contributed by atoms with Gasteiger partial charge in [0.1, 0.15) is 5.82 Å². The first-order valence-corrected chi connectivity index (χ1v) is 9.08. The summed E-state index contributed by atoms with van der Waals surface area (Å²) >= 11 is 5.73. The highest BCUT2D eigenvalue weighted by atomic mass is 35.5. The van der Waals surface area contributed by atoms with Gasteiger partial charge in [0.2, 0.25) is 11.9 Å². The van der Waals surface area contributed by atoms with Crippen LogP contribution in [-0.4, -0.2) is 32.6 Å². The number of rotatable bonds is 4. The van der Waals surface area contributed by atoms with E-state index in [2.05, 4.69) is 20.2 Å². The van der Waals surface area contributed by atoms with Gasteiger partial charge in [0, 0.05) is 30.4 Å². The SMILES string of the molecule is O=C1C(Cc2ccc(Cl)c(F)c2)CCCN1c1nnc(-c2ccncc2)[nH]1. The lowest BCUT2D eigenvalue weighted by Gasteiger charge is -2.30. The van der Waals surface area contributed by atoms with Gasteiger partial charge in [0.15, 0.2) is 5.82 Å². The molecule has 0 spiro atoms. The molecule has 1 N–H and O–H groups in total. The van der Waals surface area contributed by atoms with Crippen LogP contribution in [0.2, 0.25) is 5.02 Å². The number of nitrogens with one attached hydrogen (secondary N) is 1. The van der Waals surface area contributed by atoms with Crippen LogP contribution in [0.4, 0.5) is 10.3 Å². The van der Waals surface area contributed by atoms with E-state index in [4.69, 9.17) is 11.6 Å². The van der Waals surface area contributed by atoms with Crippen LogP contribution in [0.15, 0.2) is 42.7 Å². The fourth-order valence-corrected chi connectivity index (χ4v) is 3.43. The van der Waals surface area contributed by atoms with Gasteiger partial charge in [0.05, 0.1) is 5.02 Å². The Labute approximate surface area is 160 Å². The summed E-state index contributed by atoms with van der Waals surface area (Å²) in [5, 5.41) is 8.35. The minimum absolute atomic E-state index is 0.0333. The summed E-state index contributed by atoms with van der Waals surface area (Å²) in [6.45, 7) is 0.579.